The summed E-state index contributed by atoms with van der Waals surface area (Å²) >= 11 is -0.145. The number of alkyl halides is 1. The zero-order valence-electron chi connectivity index (χ0n) is 16.9. The monoisotopic (exact) mass is 506 g/mol. The number of esters is 1. The van der Waals surface area contributed by atoms with E-state index >= 15 is 0 Å². The van der Waals surface area contributed by atoms with Gasteiger partial charge in [-0.25, -0.2) is 0 Å². The molecule has 2 fully saturated rings. The molecule has 2 aliphatic carbocycles. The molecule has 0 amide bonds. The Hall–Kier alpha value is -1.67. The number of rotatable bonds is 3. The first kappa shape index (κ1) is 19.3. The number of hydrogen-bond acceptors (Lipinski definition) is 5. The maximum absolute atomic E-state index is 12.9. The van der Waals surface area contributed by atoms with Crippen LogP contribution >= 0.6 is 0 Å². The standard InChI is InChI=1S/C23H25INO4/c1-13(2)5-4-6-19(27)28-18-10-7-14-11-16-15-8-9-17(26)22-23(15,12-24-25(16)3)20(14)21(18)29-22/h4-7,10,15-16,22H,8-9,11-12H2,1-3H3/q-1/b6-4+/t15-,16+,22-,23-/m0/s1. The molecule has 6 heteroatoms. The van der Waals surface area contributed by atoms with Gasteiger partial charge < -0.3 is 0 Å². The van der Waals surface area contributed by atoms with E-state index in [4.69, 9.17) is 9.47 Å². The number of ether oxygens (including phenoxy) is 2. The fraction of sp³-hybridized carbons (Fsp3) is 0.478. The normalized spacial score (nSPS) is 32.2. The maximum atomic E-state index is 12.9. The van der Waals surface area contributed by atoms with Crippen LogP contribution in [0.4, 0.5) is 0 Å². The predicted octanol–water partition coefficient (Wildman–Crippen LogP) is -0.0336. The van der Waals surface area contributed by atoms with Crippen LogP contribution in [0.25, 0.3) is 0 Å². The molecule has 5 rings (SSSR count). The van der Waals surface area contributed by atoms with Crippen molar-refractivity contribution in [3.63, 3.8) is 0 Å². The molecule has 1 saturated carbocycles. The van der Waals surface area contributed by atoms with Crippen LogP contribution in [0, 0.1) is 5.92 Å². The van der Waals surface area contributed by atoms with Crippen LogP contribution in [0.5, 0.6) is 11.5 Å². The van der Waals surface area contributed by atoms with Crippen LogP contribution in [-0.4, -0.2) is 38.5 Å². The van der Waals surface area contributed by atoms with Gasteiger partial charge >= 0.3 is 182 Å². The van der Waals surface area contributed by atoms with Crippen molar-refractivity contribution < 1.29 is 40.5 Å². The van der Waals surface area contributed by atoms with Gasteiger partial charge in [0.05, 0.1) is 0 Å². The van der Waals surface area contributed by atoms with Crippen LogP contribution in [0.15, 0.2) is 35.9 Å². The molecule has 5 nitrogen and oxygen atoms in total. The van der Waals surface area contributed by atoms with Crippen molar-refractivity contribution in [1.82, 2.24) is 3.11 Å². The van der Waals surface area contributed by atoms with Crippen LogP contribution in [0.2, 0.25) is 0 Å². The Morgan fingerprint density at radius 3 is 3.00 bits per heavy atom. The van der Waals surface area contributed by atoms with Gasteiger partial charge in [0, 0.05) is 0 Å². The van der Waals surface area contributed by atoms with Crippen LogP contribution in [0.3, 0.4) is 0 Å². The van der Waals surface area contributed by atoms with Gasteiger partial charge in [-0.05, 0) is 0 Å². The van der Waals surface area contributed by atoms with Gasteiger partial charge in [-0.15, -0.1) is 0 Å². The van der Waals surface area contributed by atoms with Crippen molar-refractivity contribution >= 4 is 11.8 Å². The van der Waals surface area contributed by atoms with E-state index in [9.17, 15) is 9.59 Å². The van der Waals surface area contributed by atoms with Gasteiger partial charge in [-0.1, -0.05) is 0 Å². The first-order chi connectivity index (χ1) is 13.9. The van der Waals surface area contributed by atoms with Crippen molar-refractivity contribution in [3.05, 3.63) is 47.1 Å². The van der Waals surface area contributed by atoms with E-state index in [0.717, 1.165) is 22.8 Å². The third-order valence-electron chi connectivity index (χ3n) is 6.73. The molecule has 4 atom stereocenters. The van der Waals surface area contributed by atoms with Gasteiger partial charge in [-0.2, -0.15) is 0 Å². The van der Waals surface area contributed by atoms with Gasteiger partial charge in [0.15, 0.2) is 0 Å². The van der Waals surface area contributed by atoms with Gasteiger partial charge in [0.25, 0.3) is 0 Å². The van der Waals surface area contributed by atoms with Crippen LogP contribution in [-0.2, 0) is 21.4 Å². The molecule has 0 radical (unpaired) electrons. The molecular weight excluding hydrogens is 481 g/mol. The van der Waals surface area contributed by atoms with E-state index in [1.54, 1.807) is 6.08 Å². The SMILES string of the molecule is CC(C)=C/C=C/C(=O)Oc1ccc2c3c1O[C@H]1C(=O)CC[C@H]4[C@@H](C2)N(C)[I-]C[C@]314. The van der Waals surface area contributed by atoms with E-state index in [2.05, 4.69) is 16.2 Å². The molecule has 2 heterocycles. The number of Topliss-reactive ketones (excluding diaryl/α,β-unsaturated/α-hetero) is 1. The van der Waals surface area contributed by atoms with Crippen molar-refractivity contribution in [1.29, 1.82) is 0 Å². The number of ketones is 1. The average molecular weight is 506 g/mol. The molecule has 1 saturated heterocycles. The minimum atomic E-state index is -0.429. The second-order valence-corrected chi connectivity index (χ2v) is 11.6. The van der Waals surface area contributed by atoms with E-state index in [0.29, 0.717) is 29.9 Å². The molecule has 29 heavy (non-hydrogen) atoms. The number of carbonyl (C=O) groups excluding carboxylic acids is 2. The predicted molar refractivity (Wildman–Crippen MR) is 105 cm³/mol. The Morgan fingerprint density at radius 1 is 1.38 bits per heavy atom. The van der Waals surface area contributed by atoms with Gasteiger partial charge in [0.2, 0.25) is 0 Å². The molecule has 0 N–H and O–H groups in total. The van der Waals surface area contributed by atoms with Crippen molar-refractivity contribution in [3.8, 4) is 11.5 Å². The molecular formula is C23H25INO4-. The molecule has 2 bridgehead atoms. The molecule has 1 aromatic carbocycles. The van der Waals surface area contributed by atoms with E-state index in [-0.39, 0.29) is 32.7 Å². The molecule has 1 aromatic rings. The Labute approximate surface area is 181 Å². The third-order valence-corrected chi connectivity index (χ3v) is 10.1. The summed E-state index contributed by atoms with van der Waals surface area (Å²) < 4.78 is 15.6. The summed E-state index contributed by atoms with van der Waals surface area (Å²) in [6.07, 6.45) is 7.08. The van der Waals surface area contributed by atoms with E-state index < -0.39 is 12.1 Å². The first-order valence-corrected chi connectivity index (χ1v) is 12.6. The fourth-order valence-corrected chi connectivity index (χ4v) is 9.05. The molecule has 1 spiro atoms. The Kier molecular flexibility index (Phi) is 4.62. The summed E-state index contributed by atoms with van der Waals surface area (Å²) in [7, 11) is 2.24. The van der Waals surface area contributed by atoms with Crippen molar-refractivity contribution in [2.24, 2.45) is 5.92 Å². The summed E-state index contributed by atoms with van der Waals surface area (Å²) in [6.45, 7) is 3.94. The Morgan fingerprint density at radius 2 is 2.21 bits per heavy atom. The summed E-state index contributed by atoms with van der Waals surface area (Å²) in [5.74, 6) is 1.31. The zero-order valence-corrected chi connectivity index (χ0v) is 19.1. The summed E-state index contributed by atoms with van der Waals surface area (Å²) in [5.41, 5.74) is 3.33. The third kappa shape index (κ3) is 2.82. The second kappa shape index (κ2) is 6.94. The number of likely N-dealkylation sites (N-methyl/N-ethyl adjacent to an activating group) is 1. The quantitative estimate of drug-likeness (QED) is 0.110. The molecule has 0 unspecified atom stereocenters. The van der Waals surface area contributed by atoms with Gasteiger partial charge in [-0.3, -0.25) is 0 Å². The van der Waals surface area contributed by atoms with Crippen LogP contribution < -0.4 is 31.0 Å². The number of benzene rings is 1. The average Bonchev–Trinajstić information content (AvgIpc) is 3.03. The first-order valence-electron chi connectivity index (χ1n) is 10.1. The summed E-state index contributed by atoms with van der Waals surface area (Å²) in [5, 5.41) is 0. The van der Waals surface area contributed by atoms with E-state index in [1.165, 1.54) is 17.2 Å². The zero-order chi connectivity index (χ0) is 20.3. The number of hydrogen-bond donors (Lipinski definition) is 0. The van der Waals surface area contributed by atoms with Crippen LogP contribution in [0.1, 0.15) is 37.8 Å². The number of allylic oxidation sites excluding steroid dienone is 3. The van der Waals surface area contributed by atoms with Crippen molar-refractivity contribution in [2.75, 3.05) is 11.5 Å². The molecule has 154 valence electrons. The van der Waals surface area contributed by atoms with Gasteiger partial charge in [0.1, 0.15) is 0 Å². The number of halogens is 1. The second-order valence-electron chi connectivity index (χ2n) is 8.65. The summed E-state index contributed by atoms with van der Waals surface area (Å²) in [6, 6.07) is 4.41. The summed E-state index contributed by atoms with van der Waals surface area (Å²) in [4.78, 5) is 25.2. The molecule has 4 aliphatic rings. The molecule has 2 aliphatic heterocycles. The Balaban J connectivity index is 1.56. The minimum absolute atomic E-state index is 0.145. The fourth-order valence-electron chi connectivity index (χ4n) is 5.51. The number of carbonyl (C=O) groups is 2. The van der Waals surface area contributed by atoms with E-state index in [1.807, 2.05) is 26.0 Å². The topological polar surface area (TPSA) is 55.8 Å². The molecule has 0 aromatic heterocycles. The number of nitrogens with zero attached hydrogens (tertiary/aromatic N) is 1. The van der Waals surface area contributed by atoms with Crippen molar-refractivity contribution in [2.45, 2.75) is 50.7 Å². The Bertz CT molecular complexity index is 964.